The summed E-state index contributed by atoms with van der Waals surface area (Å²) in [7, 11) is 0. The van der Waals surface area contributed by atoms with Gasteiger partial charge in [-0.1, -0.05) is 18.2 Å². The largest absolute Gasteiger partial charge is 0.459 e. The number of nitro benzene ring substituents is 1. The van der Waals surface area contributed by atoms with Crippen molar-refractivity contribution in [3.63, 3.8) is 0 Å². The van der Waals surface area contributed by atoms with Crippen LogP contribution in [-0.4, -0.2) is 16.5 Å². The molecular weight excluding hydrogens is 222 g/mol. The number of nitro groups is 1. The summed E-state index contributed by atoms with van der Waals surface area (Å²) in [4.78, 5) is 21.6. The molecule has 1 aromatic carbocycles. The number of cyclic esters (lactones) is 1. The molecule has 1 fully saturated rings. The standard InChI is InChI=1S/C12H13NO4/c1-12(7-6-11(14)17-12)8-9-4-2-3-5-10(9)13(15)16/h2-5H,6-8H2,1H3/t12-/m0/s1. The first-order chi connectivity index (χ1) is 8.00. The summed E-state index contributed by atoms with van der Waals surface area (Å²) in [5.74, 6) is -0.230. The van der Waals surface area contributed by atoms with Gasteiger partial charge in [0.05, 0.1) is 4.92 Å². The molecule has 17 heavy (non-hydrogen) atoms. The highest BCUT2D eigenvalue weighted by Crippen LogP contribution is 2.32. The predicted octanol–water partition coefficient (Wildman–Crippen LogP) is 2.23. The van der Waals surface area contributed by atoms with Gasteiger partial charge in [-0.3, -0.25) is 14.9 Å². The Morgan fingerprint density at radius 2 is 2.18 bits per heavy atom. The highest BCUT2D eigenvalue weighted by Gasteiger charge is 2.37. The zero-order chi connectivity index (χ0) is 12.5. The molecule has 1 heterocycles. The predicted molar refractivity (Wildman–Crippen MR) is 60.5 cm³/mol. The summed E-state index contributed by atoms with van der Waals surface area (Å²) >= 11 is 0. The van der Waals surface area contributed by atoms with Gasteiger partial charge in [-0.25, -0.2) is 0 Å². The lowest BCUT2D eigenvalue weighted by Gasteiger charge is -2.22. The van der Waals surface area contributed by atoms with Gasteiger partial charge in [0.2, 0.25) is 0 Å². The van der Waals surface area contributed by atoms with Crippen molar-refractivity contribution in [1.29, 1.82) is 0 Å². The summed E-state index contributed by atoms with van der Waals surface area (Å²) in [5.41, 5.74) is 0.0785. The van der Waals surface area contributed by atoms with Crippen molar-refractivity contribution in [2.24, 2.45) is 0 Å². The van der Waals surface area contributed by atoms with Gasteiger partial charge in [-0.15, -0.1) is 0 Å². The van der Waals surface area contributed by atoms with Crippen molar-refractivity contribution < 1.29 is 14.5 Å². The van der Waals surface area contributed by atoms with E-state index < -0.39 is 10.5 Å². The molecule has 5 heteroatoms. The Morgan fingerprint density at radius 1 is 1.47 bits per heavy atom. The van der Waals surface area contributed by atoms with Crippen LogP contribution in [0.2, 0.25) is 0 Å². The van der Waals surface area contributed by atoms with Crippen molar-refractivity contribution in [3.05, 3.63) is 39.9 Å². The van der Waals surface area contributed by atoms with Crippen LogP contribution in [-0.2, 0) is 16.0 Å². The number of benzene rings is 1. The van der Waals surface area contributed by atoms with Crippen LogP contribution in [0, 0.1) is 10.1 Å². The second-order valence-corrected chi connectivity index (χ2v) is 4.49. The topological polar surface area (TPSA) is 69.4 Å². The van der Waals surface area contributed by atoms with E-state index in [4.69, 9.17) is 4.74 Å². The molecule has 0 aliphatic carbocycles. The normalized spacial score (nSPS) is 23.5. The van der Waals surface area contributed by atoms with Crippen LogP contribution in [0.3, 0.4) is 0 Å². The van der Waals surface area contributed by atoms with Gasteiger partial charge in [-0.2, -0.15) is 0 Å². The summed E-state index contributed by atoms with van der Waals surface area (Å²) in [6.45, 7) is 1.81. The Bertz CT molecular complexity index is 471. The third kappa shape index (κ3) is 2.43. The second-order valence-electron chi connectivity index (χ2n) is 4.49. The first-order valence-electron chi connectivity index (χ1n) is 5.44. The average molecular weight is 235 g/mol. The van der Waals surface area contributed by atoms with Crippen LogP contribution in [0.4, 0.5) is 5.69 Å². The number of nitrogens with zero attached hydrogens (tertiary/aromatic N) is 1. The van der Waals surface area contributed by atoms with Crippen LogP contribution in [0.25, 0.3) is 0 Å². The Kier molecular flexibility index (Phi) is 2.83. The third-order valence-electron chi connectivity index (χ3n) is 2.97. The van der Waals surface area contributed by atoms with Gasteiger partial charge in [0.1, 0.15) is 5.60 Å². The number of rotatable bonds is 3. The van der Waals surface area contributed by atoms with Crippen LogP contribution < -0.4 is 0 Å². The molecular formula is C12H13NO4. The van der Waals surface area contributed by atoms with Crippen molar-refractivity contribution in [2.45, 2.75) is 31.8 Å². The first-order valence-corrected chi connectivity index (χ1v) is 5.44. The second kappa shape index (κ2) is 4.16. The molecule has 90 valence electrons. The van der Waals surface area contributed by atoms with Crippen molar-refractivity contribution in [3.8, 4) is 0 Å². The lowest BCUT2D eigenvalue weighted by Crippen LogP contribution is -2.27. The van der Waals surface area contributed by atoms with Crippen molar-refractivity contribution >= 4 is 11.7 Å². The summed E-state index contributed by atoms with van der Waals surface area (Å²) in [5, 5.41) is 10.9. The molecule has 1 saturated heterocycles. The number of hydrogen-bond donors (Lipinski definition) is 0. The lowest BCUT2D eigenvalue weighted by molar-refractivity contribution is -0.385. The van der Waals surface area contributed by atoms with E-state index in [-0.39, 0.29) is 11.7 Å². The lowest BCUT2D eigenvalue weighted by atomic mass is 9.93. The van der Waals surface area contributed by atoms with Gasteiger partial charge in [-0.05, 0) is 13.3 Å². The molecule has 0 spiro atoms. The maximum absolute atomic E-state index is 11.1. The highest BCUT2D eigenvalue weighted by atomic mass is 16.6. The fourth-order valence-corrected chi connectivity index (χ4v) is 2.11. The van der Waals surface area contributed by atoms with Crippen molar-refractivity contribution in [1.82, 2.24) is 0 Å². The minimum Gasteiger partial charge on any atom is -0.459 e. The van der Waals surface area contributed by atoms with Crippen molar-refractivity contribution in [2.75, 3.05) is 0 Å². The Hall–Kier alpha value is -1.91. The number of para-hydroxylation sites is 1. The smallest absolute Gasteiger partial charge is 0.306 e. The van der Waals surface area contributed by atoms with E-state index >= 15 is 0 Å². The fourth-order valence-electron chi connectivity index (χ4n) is 2.11. The zero-order valence-corrected chi connectivity index (χ0v) is 9.51. The number of carbonyl (C=O) groups is 1. The summed E-state index contributed by atoms with van der Waals surface area (Å²) in [6.07, 6.45) is 1.38. The van der Waals surface area contributed by atoms with E-state index in [1.165, 1.54) is 6.07 Å². The third-order valence-corrected chi connectivity index (χ3v) is 2.97. The molecule has 0 saturated carbocycles. The number of carbonyl (C=O) groups excluding carboxylic acids is 1. The summed E-state index contributed by atoms with van der Waals surface area (Å²) < 4.78 is 5.23. The van der Waals surface area contributed by atoms with E-state index in [2.05, 4.69) is 0 Å². The van der Waals surface area contributed by atoms with Crippen LogP contribution in [0.1, 0.15) is 25.3 Å². The number of hydrogen-bond acceptors (Lipinski definition) is 4. The minimum absolute atomic E-state index is 0.0803. The zero-order valence-electron chi connectivity index (χ0n) is 9.51. The molecule has 1 aliphatic rings. The van der Waals surface area contributed by atoms with E-state index in [0.29, 0.717) is 24.8 Å². The molecule has 0 N–H and O–H groups in total. The van der Waals surface area contributed by atoms with E-state index in [9.17, 15) is 14.9 Å². The minimum atomic E-state index is -0.608. The monoisotopic (exact) mass is 235 g/mol. The van der Waals surface area contributed by atoms with E-state index in [0.717, 1.165) is 0 Å². The fraction of sp³-hybridized carbons (Fsp3) is 0.417. The molecule has 1 aliphatic heterocycles. The maximum atomic E-state index is 11.1. The molecule has 0 amide bonds. The molecule has 0 radical (unpaired) electrons. The van der Waals surface area contributed by atoms with Crippen LogP contribution in [0.15, 0.2) is 24.3 Å². The Labute approximate surface area is 98.5 Å². The van der Waals surface area contributed by atoms with Gasteiger partial charge in [0.15, 0.2) is 0 Å². The van der Waals surface area contributed by atoms with Crippen LogP contribution >= 0.6 is 0 Å². The van der Waals surface area contributed by atoms with Crippen LogP contribution in [0.5, 0.6) is 0 Å². The molecule has 0 unspecified atom stereocenters. The quantitative estimate of drug-likeness (QED) is 0.457. The molecule has 5 nitrogen and oxygen atoms in total. The SMILES string of the molecule is C[C@@]1(Cc2ccccc2[N+](=O)[O-])CCC(=O)O1. The van der Waals surface area contributed by atoms with Gasteiger partial charge in [0, 0.05) is 24.5 Å². The van der Waals surface area contributed by atoms with E-state index in [1.54, 1.807) is 18.2 Å². The first kappa shape index (κ1) is 11.6. The van der Waals surface area contributed by atoms with Gasteiger partial charge in [0.25, 0.3) is 5.69 Å². The molecule has 1 atom stereocenters. The summed E-state index contributed by atoms with van der Waals surface area (Å²) in [6, 6.07) is 6.55. The highest BCUT2D eigenvalue weighted by molar-refractivity contribution is 5.72. The molecule has 2 rings (SSSR count). The molecule has 1 aromatic rings. The Morgan fingerprint density at radius 3 is 2.76 bits per heavy atom. The maximum Gasteiger partial charge on any atom is 0.306 e. The average Bonchev–Trinajstić information content (AvgIpc) is 2.59. The van der Waals surface area contributed by atoms with Gasteiger partial charge >= 0.3 is 5.97 Å². The Balaban J connectivity index is 2.24. The number of ether oxygens (including phenoxy) is 1. The van der Waals surface area contributed by atoms with E-state index in [1.807, 2.05) is 6.92 Å². The number of esters is 1. The molecule has 0 bridgehead atoms. The molecule has 0 aromatic heterocycles. The van der Waals surface area contributed by atoms with Gasteiger partial charge < -0.3 is 4.74 Å².